The van der Waals surface area contributed by atoms with E-state index in [9.17, 15) is 4.79 Å². The largest absolute Gasteiger partial charge is 0.465 e. The lowest BCUT2D eigenvalue weighted by Crippen LogP contribution is -2.37. The number of nitrogens with zero attached hydrogens (tertiary/aromatic N) is 1. The molecule has 1 aromatic carbocycles. The maximum absolute atomic E-state index is 11.6. The number of benzene rings is 1. The standard InChI is InChI=1S/C17H26N2O2/c1-3-10-19(13-16-8-5-9-18-16)12-14-6-4-7-15(11-14)17(20)21-2/h4,6-7,11,16,18H,3,5,8-10,12-13H2,1-2H3. The average Bonchev–Trinajstić information content (AvgIpc) is 3.00. The Hall–Kier alpha value is -1.39. The molecule has 1 aromatic rings. The van der Waals surface area contributed by atoms with Gasteiger partial charge < -0.3 is 10.1 Å². The third-order valence-electron chi connectivity index (χ3n) is 3.94. The van der Waals surface area contributed by atoms with Crippen LogP contribution in [0.4, 0.5) is 0 Å². The number of methoxy groups -OCH3 is 1. The molecular weight excluding hydrogens is 264 g/mol. The van der Waals surface area contributed by atoms with Gasteiger partial charge in [-0.05, 0) is 50.0 Å². The predicted octanol–water partition coefficient (Wildman–Crippen LogP) is 2.44. The molecule has 1 atom stereocenters. The Balaban J connectivity index is 1.99. The summed E-state index contributed by atoms with van der Waals surface area (Å²) >= 11 is 0. The zero-order valence-electron chi connectivity index (χ0n) is 13.1. The van der Waals surface area contributed by atoms with E-state index in [4.69, 9.17) is 4.74 Å². The number of carbonyl (C=O) groups is 1. The monoisotopic (exact) mass is 290 g/mol. The summed E-state index contributed by atoms with van der Waals surface area (Å²) in [5.41, 5.74) is 1.80. The van der Waals surface area contributed by atoms with Gasteiger partial charge in [-0.3, -0.25) is 4.90 Å². The summed E-state index contributed by atoms with van der Waals surface area (Å²) in [5, 5.41) is 3.55. The number of hydrogen-bond acceptors (Lipinski definition) is 4. The van der Waals surface area contributed by atoms with Crippen LogP contribution in [0.5, 0.6) is 0 Å². The summed E-state index contributed by atoms with van der Waals surface area (Å²) < 4.78 is 4.79. The van der Waals surface area contributed by atoms with Gasteiger partial charge in [-0.25, -0.2) is 4.79 Å². The van der Waals surface area contributed by atoms with Crippen molar-refractivity contribution in [2.24, 2.45) is 0 Å². The van der Waals surface area contributed by atoms with Crippen LogP contribution >= 0.6 is 0 Å². The van der Waals surface area contributed by atoms with Gasteiger partial charge >= 0.3 is 5.97 Å². The Labute approximate surface area is 127 Å². The highest BCUT2D eigenvalue weighted by molar-refractivity contribution is 5.89. The van der Waals surface area contributed by atoms with Crippen LogP contribution in [0.1, 0.15) is 42.1 Å². The van der Waals surface area contributed by atoms with Crippen LogP contribution in [0.3, 0.4) is 0 Å². The molecule has 0 amide bonds. The molecule has 116 valence electrons. The van der Waals surface area contributed by atoms with Crippen LogP contribution < -0.4 is 5.32 Å². The third-order valence-corrected chi connectivity index (χ3v) is 3.94. The fourth-order valence-corrected chi connectivity index (χ4v) is 2.95. The molecule has 1 saturated heterocycles. The number of nitrogens with one attached hydrogen (secondary N) is 1. The van der Waals surface area contributed by atoms with Gasteiger partial charge in [0.15, 0.2) is 0 Å². The number of rotatable bonds is 7. The molecule has 1 heterocycles. The molecule has 1 aliphatic rings. The quantitative estimate of drug-likeness (QED) is 0.783. The SMILES string of the molecule is CCCN(Cc1cccc(C(=O)OC)c1)CC1CCCN1. The third kappa shape index (κ3) is 4.83. The van der Waals surface area contributed by atoms with Crippen molar-refractivity contribution in [1.29, 1.82) is 0 Å². The molecular formula is C17H26N2O2. The molecule has 0 aliphatic carbocycles. The van der Waals surface area contributed by atoms with Crippen LogP contribution in [0.2, 0.25) is 0 Å². The lowest BCUT2D eigenvalue weighted by molar-refractivity contribution is 0.0600. The molecule has 21 heavy (non-hydrogen) atoms. The predicted molar refractivity (Wildman–Crippen MR) is 84.4 cm³/mol. The summed E-state index contributed by atoms with van der Waals surface area (Å²) in [7, 11) is 1.42. The minimum absolute atomic E-state index is 0.267. The minimum atomic E-state index is -0.267. The second kappa shape index (κ2) is 8.15. The molecule has 0 aromatic heterocycles. The van der Waals surface area contributed by atoms with Crippen molar-refractivity contribution >= 4 is 5.97 Å². The number of carbonyl (C=O) groups excluding carboxylic acids is 1. The summed E-state index contributed by atoms with van der Waals surface area (Å²) in [4.78, 5) is 14.1. The summed E-state index contributed by atoms with van der Waals surface area (Å²) in [5.74, 6) is -0.267. The highest BCUT2D eigenvalue weighted by Gasteiger charge is 2.18. The molecule has 0 spiro atoms. The first-order valence-corrected chi connectivity index (χ1v) is 7.86. The fraction of sp³-hybridized carbons (Fsp3) is 0.588. The zero-order valence-corrected chi connectivity index (χ0v) is 13.1. The second-order valence-corrected chi connectivity index (χ2v) is 5.72. The van der Waals surface area contributed by atoms with Gasteiger partial charge in [0.2, 0.25) is 0 Å². The average molecular weight is 290 g/mol. The van der Waals surface area contributed by atoms with E-state index in [1.54, 1.807) is 6.07 Å². The van der Waals surface area contributed by atoms with Crippen molar-refractivity contribution in [2.45, 2.75) is 38.8 Å². The normalized spacial score (nSPS) is 18.1. The van der Waals surface area contributed by atoms with E-state index in [1.807, 2.05) is 12.1 Å². The lowest BCUT2D eigenvalue weighted by Gasteiger charge is -2.25. The van der Waals surface area contributed by atoms with Crippen molar-refractivity contribution in [1.82, 2.24) is 10.2 Å². The number of hydrogen-bond donors (Lipinski definition) is 1. The van der Waals surface area contributed by atoms with E-state index < -0.39 is 0 Å². The molecule has 1 N–H and O–H groups in total. The Kier molecular flexibility index (Phi) is 6.21. The summed E-state index contributed by atoms with van der Waals surface area (Å²) in [6, 6.07) is 8.37. The Bertz CT molecular complexity index is 456. The van der Waals surface area contributed by atoms with Crippen LogP contribution in [0.15, 0.2) is 24.3 Å². The lowest BCUT2D eigenvalue weighted by atomic mass is 10.1. The van der Waals surface area contributed by atoms with Crippen molar-refractivity contribution < 1.29 is 9.53 Å². The molecule has 1 aliphatic heterocycles. The van der Waals surface area contributed by atoms with Crippen molar-refractivity contribution in [3.8, 4) is 0 Å². The van der Waals surface area contributed by atoms with Gasteiger partial charge in [0.05, 0.1) is 12.7 Å². The first kappa shape index (κ1) is 16.0. The van der Waals surface area contributed by atoms with E-state index in [0.717, 1.165) is 32.6 Å². The first-order chi connectivity index (χ1) is 10.2. The zero-order chi connectivity index (χ0) is 15.1. The van der Waals surface area contributed by atoms with Crippen molar-refractivity contribution in [3.63, 3.8) is 0 Å². The molecule has 0 bridgehead atoms. The topological polar surface area (TPSA) is 41.6 Å². The smallest absolute Gasteiger partial charge is 0.337 e. The van der Waals surface area contributed by atoms with Crippen LogP contribution in [0.25, 0.3) is 0 Å². The van der Waals surface area contributed by atoms with Crippen LogP contribution in [-0.2, 0) is 11.3 Å². The van der Waals surface area contributed by atoms with E-state index in [2.05, 4.69) is 23.2 Å². The summed E-state index contributed by atoms with van der Waals surface area (Å²) in [6.07, 6.45) is 3.69. The van der Waals surface area contributed by atoms with Gasteiger partial charge in [-0.15, -0.1) is 0 Å². The number of esters is 1. The highest BCUT2D eigenvalue weighted by atomic mass is 16.5. The minimum Gasteiger partial charge on any atom is -0.465 e. The maximum Gasteiger partial charge on any atom is 0.337 e. The van der Waals surface area contributed by atoms with Crippen molar-refractivity contribution in [2.75, 3.05) is 26.7 Å². The van der Waals surface area contributed by atoms with E-state index in [0.29, 0.717) is 11.6 Å². The Morgan fingerprint density at radius 2 is 2.33 bits per heavy atom. The molecule has 4 heteroatoms. The second-order valence-electron chi connectivity index (χ2n) is 5.72. The Morgan fingerprint density at radius 1 is 1.48 bits per heavy atom. The molecule has 0 saturated carbocycles. The van der Waals surface area contributed by atoms with E-state index in [-0.39, 0.29) is 5.97 Å². The first-order valence-electron chi connectivity index (χ1n) is 7.86. The van der Waals surface area contributed by atoms with Gasteiger partial charge in [-0.2, -0.15) is 0 Å². The molecule has 0 radical (unpaired) electrons. The van der Waals surface area contributed by atoms with Gasteiger partial charge in [-0.1, -0.05) is 19.1 Å². The molecule has 1 unspecified atom stereocenters. The fourth-order valence-electron chi connectivity index (χ4n) is 2.95. The highest BCUT2D eigenvalue weighted by Crippen LogP contribution is 2.13. The number of ether oxygens (including phenoxy) is 1. The molecule has 4 nitrogen and oxygen atoms in total. The van der Waals surface area contributed by atoms with Gasteiger partial charge in [0.25, 0.3) is 0 Å². The van der Waals surface area contributed by atoms with Crippen LogP contribution in [0, 0.1) is 0 Å². The Morgan fingerprint density at radius 3 is 3.00 bits per heavy atom. The van der Waals surface area contributed by atoms with Crippen molar-refractivity contribution in [3.05, 3.63) is 35.4 Å². The van der Waals surface area contributed by atoms with E-state index >= 15 is 0 Å². The molecule has 2 rings (SSSR count). The maximum atomic E-state index is 11.6. The summed E-state index contributed by atoms with van der Waals surface area (Å²) in [6.45, 7) is 6.40. The van der Waals surface area contributed by atoms with Gasteiger partial charge in [0, 0.05) is 19.1 Å². The molecule has 1 fully saturated rings. The van der Waals surface area contributed by atoms with Gasteiger partial charge in [0.1, 0.15) is 0 Å². The van der Waals surface area contributed by atoms with E-state index in [1.165, 1.54) is 25.5 Å². The van der Waals surface area contributed by atoms with Crippen LogP contribution in [-0.4, -0.2) is 43.7 Å².